The molecule has 0 aromatic heterocycles. The fraction of sp³-hybridized carbons (Fsp3) is 0.938. The number of carboxylic acid groups (broad SMARTS) is 1. The molecule has 4 heteroatoms. The average molecular weight is 303 g/mol. The molecule has 0 unspecified atom stereocenters. The Hall–Kier alpha value is -0.353. The van der Waals surface area contributed by atoms with E-state index in [0.29, 0.717) is 16.6 Å². The Balaban J connectivity index is 5.43. The third kappa shape index (κ3) is 4.32. The monoisotopic (exact) mass is 302 g/mol. The molecule has 0 fully saturated rings. The molecule has 0 rings (SSSR count). The molecule has 20 heavy (non-hydrogen) atoms. The molecule has 0 radical (unpaired) electrons. The molecule has 0 aromatic carbocycles. The maximum Gasteiger partial charge on any atom is 0.308 e. The first kappa shape index (κ1) is 19.6. The van der Waals surface area contributed by atoms with E-state index in [1.54, 1.807) is 6.92 Å². The third-order valence-corrected chi connectivity index (χ3v) is 10.7. The van der Waals surface area contributed by atoms with Crippen molar-refractivity contribution in [2.75, 3.05) is 0 Å². The van der Waals surface area contributed by atoms with Gasteiger partial charge in [-0.2, -0.15) is 0 Å². The summed E-state index contributed by atoms with van der Waals surface area (Å²) in [7, 11) is -2.00. The van der Waals surface area contributed by atoms with Crippen molar-refractivity contribution in [2.24, 2.45) is 5.92 Å². The quantitative estimate of drug-likeness (QED) is 0.605. The highest BCUT2D eigenvalue weighted by Gasteiger charge is 2.47. The predicted octanol–water partition coefficient (Wildman–Crippen LogP) is 5.07. The SMILES string of the molecule is CCC[C@H](O[Si](C(C)C)(C(C)C)C(C)C)[C@@H](C)C(=O)O. The second-order valence-corrected chi connectivity index (χ2v) is 12.3. The number of carbonyl (C=O) groups is 1. The van der Waals surface area contributed by atoms with Gasteiger partial charge in [0, 0.05) is 0 Å². The van der Waals surface area contributed by atoms with Crippen molar-refractivity contribution in [1.82, 2.24) is 0 Å². The first-order chi connectivity index (χ1) is 9.11. The van der Waals surface area contributed by atoms with Crippen molar-refractivity contribution < 1.29 is 14.3 Å². The first-order valence-corrected chi connectivity index (χ1v) is 10.2. The van der Waals surface area contributed by atoms with E-state index < -0.39 is 20.2 Å². The molecule has 0 heterocycles. The van der Waals surface area contributed by atoms with E-state index in [1.807, 2.05) is 0 Å². The molecule has 0 aromatic rings. The van der Waals surface area contributed by atoms with E-state index in [-0.39, 0.29) is 6.10 Å². The van der Waals surface area contributed by atoms with Crippen LogP contribution in [0.4, 0.5) is 0 Å². The highest BCUT2D eigenvalue weighted by molar-refractivity contribution is 6.77. The Morgan fingerprint density at radius 3 is 1.65 bits per heavy atom. The number of aliphatic carboxylic acids is 1. The zero-order valence-electron chi connectivity index (χ0n) is 14.6. The van der Waals surface area contributed by atoms with E-state index in [1.165, 1.54) is 0 Å². The number of carboxylic acids is 1. The molecule has 0 amide bonds. The average Bonchev–Trinajstić information content (AvgIpc) is 2.31. The van der Waals surface area contributed by atoms with Crippen molar-refractivity contribution in [1.29, 1.82) is 0 Å². The van der Waals surface area contributed by atoms with E-state index in [4.69, 9.17) is 4.43 Å². The topological polar surface area (TPSA) is 46.5 Å². The molecule has 0 saturated carbocycles. The molecule has 1 N–H and O–H groups in total. The molecule has 0 aliphatic carbocycles. The van der Waals surface area contributed by atoms with Gasteiger partial charge in [-0.25, -0.2) is 0 Å². The van der Waals surface area contributed by atoms with Crippen LogP contribution >= 0.6 is 0 Å². The van der Waals surface area contributed by atoms with Crippen molar-refractivity contribution in [2.45, 2.75) is 91.0 Å². The summed E-state index contributed by atoms with van der Waals surface area (Å²) in [5, 5.41) is 9.33. The van der Waals surface area contributed by atoms with Crippen LogP contribution in [0, 0.1) is 5.92 Å². The van der Waals surface area contributed by atoms with Gasteiger partial charge < -0.3 is 9.53 Å². The highest BCUT2D eigenvalue weighted by atomic mass is 28.4. The van der Waals surface area contributed by atoms with Crippen molar-refractivity contribution in [3.8, 4) is 0 Å². The van der Waals surface area contributed by atoms with Crippen LogP contribution in [0.15, 0.2) is 0 Å². The molecule has 3 nitrogen and oxygen atoms in total. The third-order valence-electron chi connectivity index (χ3n) is 4.58. The summed E-state index contributed by atoms with van der Waals surface area (Å²) in [6.45, 7) is 17.3. The maximum absolute atomic E-state index is 11.3. The molecule has 120 valence electrons. The molecule has 0 aliphatic rings. The Morgan fingerprint density at radius 2 is 1.40 bits per heavy atom. The van der Waals surface area contributed by atoms with Gasteiger partial charge in [0.25, 0.3) is 0 Å². The van der Waals surface area contributed by atoms with Crippen LogP contribution < -0.4 is 0 Å². The lowest BCUT2D eigenvalue weighted by Crippen LogP contribution is -2.51. The van der Waals surface area contributed by atoms with Gasteiger partial charge >= 0.3 is 5.97 Å². The summed E-state index contributed by atoms with van der Waals surface area (Å²) in [5.41, 5.74) is 1.47. The summed E-state index contributed by atoms with van der Waals surface area (Å²) >= 11 is 0. The molecule has 0 saturated heterocycles. The molecular formula is C16H34O3Si. The standard InChI is InChI=1S/C16H34O3Si/c1-9-10-15(14(8)16(17)18)19-20(11(2)3,12(4)5)13(6)7/h11-15H,9-10H2,1-8H3,(H,17,18)/t14-,15+/m1/s1. The van der Waals surface area contributed by atoms with Gasteiger partial charge in [0.15, 0.2) is 0 Å². The van der Waals surface area contributed by atoms with Crippen molar-refractivity contribution in [3.63, 3.8) is 0 Å². The van der Waals surface area contributed by atoms with Crippen LogP contribution in [-0.4, -0.2) is 25.5 Å². The lowest BCUT2D eigenvalue weighted by Gasteiger charge is -2.45. The Kier molecular flexibility index (Phi) is 8.03. The minimum Gasteiger partial charge on any atom is -0.481 e. The van der Waals surface area contributed by atoms with E-state index in [9.17, 15) is 9.90 Å². The fourth-order valence-corrected chi connectivity index (χ4v) is 9.19. The zero-order chi connectivity index (χ0) is 16.1. The van der Waals surface area contributed by atoms with Gasteiger partial charge in [0.2, 0.25) is 8.32 Å². The second kappa shape index (κ2) is 8.18. The lowest BCUT2D eigenvalue weighted by molar-refractivity contribution is -0.144. The van der Waals surface area contributed by atoms with Gasteiger partial charge in [-0.15, -0.1) is 0 Å². The van der Waals surface area contributed by atoms with Crippen molar-refractivity contribution in [3.05, 3.63) is 0 Å². The Morgan fingerprint density at radius 1 is 1.00 bits per heavy atom. The minimum atomic E-state index is -2.00. The van der Waals surface area contributed by atoms with Gasteiger partial charge in [0.1, 0.15) is 0 Å². The van der Waals surface area contributed by atoms with E-state index in [2.05, 4.69) is 48.5 Å². The minimum absolute atomic E-state index is 0.156. The van der Waals surface area contributed by atoms with Crippen LogP contribution in [0.3, 0.4) is 0 Å². The van der Waals surface area contributed by atoms with E-state index >= 15 is 0 Å². The first-order valence-electron chi connectivity index (χ1n) is 8.01. The molecule has 0 aliphatic heterocycles. The highest BCUT2D eigenvalue weighted by Crippen LogP contribution is 2.44. The van der Waals surface area contributed by atoms with Crippen LogP contribution in [-0.2, 0) is 9.22 Å². The smallest absolute Gasteiger partial charge is 0.308 e. The molecular weight excluding hydrogens is 268 g/mol. The summed E-state index contributed by atoms with van der Waals surface area (Å²) in [4.78, 5) is 11.3. The van der Waals surface area contributed by atoms with Gasteiger partial charge in [0.05, 0.1) is 12.0 Å². The summed E-state index contributed by atoms with van der Waals surface area (Å²) in [5.74, 6) is -1.18. The van der Waals surface area contributed by atoms with Gasteiger partial charge in [-0.1, -0.05) is 54.9 Å². The largest absolute Gasteiger partial charge is 0.481 e. The number of hydrogen-bond donors (Lipinski definition) is 1. The normalized spacial score (nSPS) is 15.9. The Labute approximate surface area is 126 Å². The number of rotatable bonds is 9. The number of hydrogen-bond acceptors (Lipinski definition) is 2. The molecule has 0 bridgehead atoms. The van der Waals surface area contributed by atoms with E-state index in [0.717, 1.165) is 12.8 Å². The zero-order valence-corrected chi connectivity index (χ0v) is 15.6. The molecule has 0 spiro atoms. The van der Waals surface area contributed by atoms with Crippen LogP contribution in [0.5, 0.6) is 0 Å². The second-order valence-electron chi connectivity index (χ2n) is 6.89. The van der Waals surface area contributed by atoms with Crippen LogP contribution in [0.2, 0.25) is 16.6 Å². The summed E-state index contributed by atoms with van der Waals surface area (Å²) in [6, 6.07) is 0. The molecule has 2 atom stereocenters. The van der Waals surface area contributed by atoms with Gasteiger partial charge in [-0.3, -0.25) is 4.79 Å². The van der Waals surface area contributed by atoms with Gasteiger partial charge in [-0.05, 0) is 30.0 Å². The lowest BCUT2D eigenvalue weighted by atomic mass is 10.0. The summed E-state index contributed by atoms with van der Waals surface area (Å²) < 4.78 is 6.64. The van der Waals surface area contributed by atoms with Crippen molar-refractivity contribution >= 4 is 14.3 Å². The maximum atomic E-state index is 11.3. The summed E-state index contributed by atoms with van der Waals surface area (Å²) in [6.07, 6.45) is 1.63. The van der Waals surface area contributed by atoms with Crippen LogP contribution in [0.1, 0.15) is 68.2 Å². The fourth-order valence-electron chi connectivity index (χ4n) is 3.52. The predicted molar refractivity (Wildman–Crippen MR) is 87.6 cm³/mol. The Bertz CT molecular complexity index is 278. The van der Waals surface area contributed by atoms with Crippen LogP contribution in [0.25, 0.3) is 0 Å².